The Labute approximate surface area is 179 Å². The number of carbonyl (C=O) groups is 3. The Kier molecular flexibility index (Phi) is 7.46. The predicted octanol–water partition coefficient (Wildman–Crippen LogP) is 3.04. The summed E-state index contributed by atoms with van der Waals surface area (Å²) >= 11 is 1.46. The average molecular weight is 430 g/mol. The summed E-state index contributed by atoms with van der Waals surface area (Å²) < 4.78 is 12.9. The predicted molar refractivity (Wildman–Crippen MR) is 115 cm³/mol. The van der Waals surface area contributed by atoms with Gasteiger partial charge in [0.1, 0.15) is 5.82 Å². The third-order valence-corrected chi connectivity index (χ3v) is 6.02. The van der Waals surface area contributed by atoms with Crippen molar-refractivity contribution >= 4 is 35.2 Å². The highest BCUT2D eigenvalue weighted by Crippen LogP contribution is 2.20. The monoisotopic (exact) mass is 429 g/mol. The van der Waals surface area contributed by atoms with Crippen LogP contribution in [0.5, 0.6) is 0 Å². The van der Waals surface area contributed by atoms with Crippen LogP contribution in [0.15, 0.2) is 48.5 Å². The fourth-order valence-electron chi connectivity index (χ4n) is 3.29. The van der Waals surface area contributed by atoms with Crippen LogP contribution in [0.4, 0.5) is 10.1 Å². The molecule has 0 spiro atoms. The van der Waals surface area contributed by atoms with Gasteiger partial charge >= 0.3 is 0 Å². The van der Waals surface area contributed by atoms with Gasteiger partial charge in [-0.1, -0.05) is 12.1 Å². The van der Waals surface area contributed by atoms with E-state index in [-0.39, 0.29) is 35.2 Å². The Bertz CT molecular complexity index is 895. The molecule has 0 radical (unpaired) electrons. The molecule has 0 unspecified atom stereocenters. The molecule has 1 aliphatic rings. The average Bonchev–Trinajstić information content (AvgIpc) is 2.75. The van der Waals surface area contributed by atoms with E-state index in [0.29, 0.717) is 42.9 Å². The summed E-state index contributed by atoms with van der Waals surface area (Å²) in [7, 11) is 0. The Hall–Kier alpha value is -2.87. The van der Waals surface area contributed by atoms with Gasteiger partial charge in [-0.05, 0) is 54.8 Å². The van der Waals surface area contributed by atoms with Crippen LogP contribution in [0.2, 0.25) is 0 Å². The van der Waals surface area contributed by atoms with E-state index >= 15 is 0 Å². The lowest BCUT2D eigenvalue weighted by Gasteiger charge is -2.30. The Morgan fingerprint density at radius 3 is 2.27 bits per heavy atom. The quantitative estimate of drug-likeness (QED) is 0.708. The Morgan fingerprint density at radius 1 is 1.03 bits per heavy atom. The van der Waals surface area contributed by atoms with Gasteiger partial charge in [-0.25, -0.2) is 4.39 Å². The van der Waals surface area contributed by atoms with E-state index in [4.69, 9.17) is 5.73 Å². The van der Waals surface area contributed by atoms with E-state index in [2.05, 4.69) is 5.32 Å². The van der Waals surface area contributed by atoms with Gasteiger partial charge in [0.15, 0.2) is 0 Å². The molecule has 2 aromatic rings. The van der Waals surface area contributed by atoms with Crippen molar-refractivity contribution in [2.75, 3.05) is 24.2 Å². The van der Waals surface area contributed by atoms with Crippen molar-refractivity contribution < 1.29 is 18.8 Å². The van der Waals surface area contributed by atoms with Gasteiger partial charge in [0.05, 0.1) is 5.75 Å². The van der Waals surface area contributed by atoms with Crippen molar-refractivity contribution in [2.45, 2.75) is 18.6 Å². The van der Waals surface area contributed by atoms with Crippen LogP contribution in [0.1, 0.15) is 28.8 Å². The first kappa shape index (κ1) is 21.8. The van der Waals surface area contributed by atoms with E-state index in [1.54, 1.807) is 17.0 Å². The highest BCUT2D eigenvalue weighted by Gasteiger charge is 2.26. The van der Waals surface area contributed by atoms with Crippen molar-refractivity contribution in [3.8, 4) is 0 Å². The number of hydrogen-bond donors (Lipinski definition) is 2. The second kappa shape index (κ2) is 10.2. The number of halogens is 1. The fraction of sp³-hybridized carbons (Fsp3) is 0.318. The largest absolute Gasteiger partial charge is 0.369 e. The number of nitrogens with two attached hydrogens (primary N) is 1. The number of benzene rings is 2. The molecule has 1 heterocycles. The number of rotatable bonds is 7. The summed E-state index contributed by atoms with van der Waals surface area (Å²) in [6.07, 6.45) is 1.21. The summed E-state index contributed by atoms with van der Waals surface area (Å²) in [4.78, 5) is 37.6. The molecule has 30 heavy (non-hydrogen) atoms. The number of anilines is 1. The zero-order valence-corrected chi connectivity index (χ0v) is 17.3. The first-order chi connectivity index (χ1) is 14.4. The molecule has 3 amide bonds. The van der Waals surface area contributed by atoms with Crippen LogP contribution >= 0.6 is 11.8 Å². The topological polar surface area (TPSA) is 92.5 Å². The molecule has 1 aliphatic heterocycles. The van der Waals surface area contributed by atoms with Crippen molar-refractivity contribution in [3.05, 3.63) is 65.5 Å². The van der Waals surface area contributed by atoms with E-state index in [0.717, 1.165) is 5.56 Å². The molecule has 1 saturated heterocycles. The van der Waals surface area contributed by atoms with Gasteiger partial charge in [0.25, 0.3) is 5.91 Å². The number of likely N-dealkylation sites (tertiary alicyclic amines) is 1. The number of amides is 3. The van der Waals surface area contributed by atoms with Crippen LogP contribution in [0.3, 0.4) is 0 Å². The van der Waals surface area contributed by atoms with Gasteiger partial charge < -0.3 is 16.0 Å². The number of thioether (sulfide) groups is 1. The van der Waals surface area contributed by atoms with Crippen LogP contribution in [0.25, 0.3) is 0 Å². The molecule has 0 aliphatic carbocycles. The normalized spacial score (nSPS) is 14.4. The molecule has 2 aromatic carbocycles. The lowest BCUT2D eigenvalue weighted by molar-refractivity contribution is -0.123. The lowest BCUT2D eigenvalue weighted by Crippen LogP contribution is -2.41. The van der Waals surface area contributed by atoms with Gasteiger partial charge in [-0.15, -0.1) is 11.8 Å². The summed E-state index contributed by atoms with van der Waals surface area (Å²) in [5, 5.41) is 2.72. The van der Waals surface area contributed by atoms with Crippen LogP contribution in [-0.4, -0.2) is 41.5 Å². The van der Waals surface area contributed by atoms with Crippen molar-refractivity contribution in [2.24, 2.45) is 11.7 Å². The SMILES string of the molecule is NC(=O)C1CCN(C(=O)c2ccc(CSCC(=O)Nc3ccc(F)cc3)cc2)CC1. The summed E-state index contributed by atoms with van der Waals surface area (Å²) in [5.74, 6) is -0.0839. The van der Waals surface area contributed by atoms with E-state index in [1.807, 2.05) is 12.1 Å². The van der Waals surface area contributed by atoms with Crippen LogP contribution in [0, 0.1) is 11.7 Å². The van der Waals surface area contributed by atoms with Crippen molar-refractivity contribution in [1.82, 2.24) is 4.90 Å². The first-order valence-corrected chi connectivity index (χ1v) is 10.9. The molecule has 0 atom stereocenters. The Balaban J connectivity index is 1.43. The third kappa shape index (κ3) is 6.06. The maximum atomic E-state index is 12.9. The van der Waals surface area contributed by atoms with E-state index in [1.165, 1.54) is 36.0 Å². The Morgan fingerprint density at radius 2 is 1.67 bits per heavy atom. The molecule has 158 valence electrons. The first-order valence-electron chi connectivity index (χ1n) is 9.73. The highest BCUT2D eigenvalue weighted by molar-refractivity contribution is 7.99. The number of hydrogen-bond acceptors (Lipinski definition) is 4. The van der Waals surface area contributed by atoms with Gasteiger partial charge in [0.2, 0.25) is 11.8 Å². The molecular formula is C22H24FN3O3S. The van der Waals surface area contributed by atoms with E-state index in [9.17, 15) is 18.8 Å². The molecule has 0 aromatic heterocycles. The van der Waals surface area contributed by atoms with Crippen molar-refractivity contribution in [1.29, 1.82) is 0 Å². The number of nitrogens with zero attached hydrogens (tertiary/aromatic N) is 1. The van der Waals surface area contributed by atoms with E-state index < -0.39 is 0 Å². The standard InChI is InChI=1S/C22H24FN3O3S/c23-18-5-7-19(8-6-18)25-20(27)14-30-13-15-1-3-17(4-2-15)22(29)26-11-9-16(10-12-26)21(24)28/h1-8,16H,9-14H2,(H2,24,28)(H,25,27). The second-order valence-corrected chi connectivity index (χ2v) is 8.20. The summed E-state index contributed by atoms with van der Waals surface area (Å²) in [6, 6.07) is 13.0. The minimum atomic E-state index is -0.348. The minimum Gasteiger partial charge on any atom is -0.369 e. The number of carbonyl (C=O) groups excluding carboxylic acids is 3. The molecule has 0 bridgehead atoms. The summed E-state index contributed by atoms with van der Waals surface area (Å²) in [6.45, 7) is 1.07. The molecule has 3 rings (SSSR count). The minimum absolute atomic E-state index is 0.0456. The second-order valence-electron chi connectivity index (χ2n) is 7.21. The smallest absolute Gasteiger partial charge is 0.253 e. The van der Waals surface area contributed by atoms with Gasteiger partial charge in [-0.3, -0.25) is 14.4 Å². The molecule has 3 N–H and O–H groups in total. The number of nitrogens with one attached hydrogen (secondary N) is 1. The third-order valence-electron chi connectivity index (χ3n) is 5.02. The molecule has 0 saturated carbocycles. The van der Waals surface area contributed by atoms with Gasteiger partial charge in [0, 0.05) is 36.0 Å². The molecule has 6 nitrogen and oxygen atoms in total. The van der Waals surface area contributed by atoms with Crippen molar-refractivity contribution in [3.63, 3.8) is 0 Å². The zero-order chi connectivity index (χ0) is 21.5. The fourth-order valence-corrected chi connectivity index (χ4v) is 4.07. The highest BCUT2D eigenvalue weighted by atomic mass is 32.2. The molecule has 1 fully saturated rings. The number of piperidine rings is 1. The maximum Gasteiger partial charge on any atom is 0.253 e. The lowest BCUT2D eigenvalue weighted by atomic mass is 9.96. The maximum absolute atomic E-state index is 12.9. The summed E-state index contributed by atoms with van der Waals surface area (Å²) in [5.41, 5.74) is 7.52. The number of primary amides is 1. The zero-order valence-electron chi connectivity index (χ0n) is 16.5. The molecular weight excluding hydrogens is 405 g/mol. The molecule has 8 heteroatoms. The van der Waals surface area contributed by atoms with Crippen LogP contribution < -0.4 is 11.1 Å². The van der Waals surface area contributed by atoms with Crippen LogP contribution in [-0.2, 0) is 15.3 Å². The van der Waals surface area contributed by atoms with Gasteiger partial charge in [-0.2, -0.15) is 0 Å².